The van der Waals surface area contributed by atoms with Crippen LogP contribution in [0.2, 0.25) is 0 Å². The minimum atomic E-state index is -0.669. The summed E-state index contributed by atoms with van der Waals surface area (Å²) in [6.07, 6.45) is -0.0645. The third-order valence-corrected chi connectivity index (χ3v) is 6.78. The number of thioether (sulfide) groups is 1. The molecule has 1 fully saturated rings. The highest BCUT2D eigenvalue weighted by atomic mass is 32.2. The first-order valence-electron chi connectivity index (χ1n) is 11.4. The summed E-state index contributed by atoms with van der Waals surface area (Å²) in [5.74, 6) is 0.830. The van der Waals surface area contributed by atoms with Gasteiger partial charge in [0.2, 0.25) is 11.8 Å². The third kappa shape index (κ3) is 6.39. The number of methoxy groups -OCH3 is 3. The molecule has 0 spiro atoms. The number of nitrogens with one attached hydrogen (secondary N) is 1. The van der Waals surface area contributed by atoms with Gasteiger partial charge in [0, 0.05) is 12.1 Å². The molecule has 1 N–H and O–H groups in total. The summed E-state index contributed by atoms with van der Waals surface area (Å²) in [7, 11) is 4.68. The molecule has 0 bridgehead atoms. The fourth-order valence-corrected chi connectivity index (χ4v) is 4.87. The molecule has 8 nitrogen and oxygen atoms in total. The Hall–Kier alpha value is -4.05. The van der Waals surface area contributed by atoms with Gasteiger partial charge in [-0.2, -0.15) is 0 Å². The molecular formula is C27H26FN3O5S. The maximum atomic E-state index is 13.4. The molecule has 37 heavy (non-hydrogen) atoms. The highest BCUT2D eigenvalue weighted by molar-refractivity contribution is 8.15. The summed E-state index contributed by atoms with van der Waals surface area (Å²) < 4.78 is 29.1. The zero-order valence-corrected chi connectivity index (χ0v) is 21.4. The summed E-state index contributed by atoms with van der Waals surface area (Å²) in [6.45, 7) is 0.233. The lowest BCUT2D eigenvalue weighted by atomic mass is 10.1. The molecular weight excluding hydrogens is 497 g/mol. The lowest BCUT2D eigenvalue weighted by molar-refractivity contribution is -0.128. The van der Waals surface area contributed by atoms with Crippen LogP contribution in [0.15, 0.2) is 71.7 Å². The van der Waals surface area contributed by atoms with Crippen LogP contribution in [0.25, 0.3) is 0 Å². The van der Waals surface area contributed by atoms with Crippen LogP contribution in [-0.4, -0.2) is 48.5 Å². The maximum absolute atomic E-state index is 13.4. The van der Waals surface area contributed by atoms with Crippen molar-refractivity contribution in [2.45, 2.75) is 18.2 Å². The van der Waals surface area contributed by atoms with Crippen LogP contribution in [-0.2, 0) is 16.1 Å². The molecule has 3 aromatic carbocycles. The van der Waals surface area contributed by atoms with Gasteiger partial charge in [-0.25, -0.2) is 9.38 Å². The maximum Gasteiger partial charge on any atom is 0.242 e. The summed E-state index contributed by atoms with van der Waals surface area (Å²) in [4.78, 5) is 32.4. The number of nitrogens with zero attached hydrogens (tertiary/aromatic N) is 2. The van der Waals surface area contributed by atoms with Crippen molar-refractivity contribution < 1.29 is 28.2 Å². The van der Waals surface area contributed by atoms with Gasteiger partial charge in [0.15, 0.2) is 16.7 Å². The van der Waals surface area contributed by atoms with E-state index in [2.05, 4.69) is 10.3 Å². The second-order valence-electron chi connectivity index (χ2n) is 8.07. The number of halogens is 1. The Morgan fingerprint density at radius 1 is 0.973 bits per heavy atom. The van der Waals surface area contributed by atoms with Gasteiger partial charge < -0.3 is 19.5 Å². The van der Waals surface area contributed by atoms with Crippen LogP contribution in [0.4, 0.5) is 15.8 Å². The first-order chi connectivity index (χ1) is 17.9. The summed E-state index contributed by atoms with van der Waals surface area (Å²) in [5.41, 5.74) is 1.91. The van der Waals surface area contributed by atoms with Crippen LogP contribution in [0.1, 0.15) is 12.0 Å². The molecule has 1 atom stereocenters. The number of amides is 2. The molecule has 1 aliphatic heterocycles. The van der Waals surface area contributed by atoms with Gasteiger partial charge in [-0.1, -0.05) is 17.8 Å². The Balaban J connectivity index is 1.57. The molecule has 2 amide bonds. The quantitative estimate of drug-likeness (QED) is 0.424. The lowest BCUT2D eigenvalue weighted by Crippen LogP contribution is -2.33. The van der Waals surface area contributed by atoms with Crippen molar-refractivity contribution in [1.82, 2.24) is 4.90 Å². The van der Waals surface area contributed by atoms with Crippen molar-refractivity contribution in [1.29, 1.82) is 0 Å². The van der Waals surface area contributed by atoms with Crippen LogP contribution >= 0.6 is 11.8 Å². The second-order valence-corrected chi connectivity index (χ2v) is 9.24. The van der Waals surface area contributed by atoms with E-state index in [0.29, 0.717) is 33.8 Å². The molecule has 1 heterocycles. The van der Waals surface area contributed by atoms with Crippen LogP contribution < -0.4 is 19.5 Å². The van der Waals surface area contributed by atoms with E-state index in [1.165, 1.54) is 36.0 Å². The normalized spacial score (nSPS) is 16.1. The molecule has 1 aliphatic rings. The molecule has 192 valence electrons. The Bertz CT molecular complexity index is 1300. The fraction of sp³-hybridized carbons (Fsp3) is 0.222. The minimum absolute atomic E-state index is 0.0645. The number of hydrogen-bond acceptors (Lipinski definition) is 7. The van der Waals surface area contributed by atoms with Crippen LogP contribution in [0.3, 0.4) is 0 Å². The van der Waals surface area contributed by atoms with Crippen LogP contribution in [0.5, 0.6) is 17.2 Å². The lowest BCUT2D eigenvalue weighted by Gasteiger charge is -2.18. The zero-order valence-electron chi connectivity index (χ0n) is 20.6. The van der Waals surface area contributed by atoms with Gasteiger partial charge in [0.25, 0.3) is 0 Å². The largest absolute Gasteiger partial charge is 0.497 e. The molecule has 0 radical (unpaired) electrons. The van der Waals surface area contributed by atoms with Crippen molar-refractivity contribution in [2.24, 2.45) is 4.99 Å². The van der Waals surface area contributed by atoms with E-state index in [4.69, 9.17) is 14.2 Å². The first kappa shape index (κ1) is 26.0. The standard InChI is InChI=1S/C27H26FN3O5S/c1-34-21-11-9-20(10-12-21)30-27-31(16-17-4-13-22(35-2)23(14-17)36-3)26(33)24(37-27)15-25(32)29-19-7-5-18(28)6-8-19/h4-14,24H,15-16H2,1-3H3,(H,29,32)/t24-/m1/s1. The van der Waals surface area contributed by atoms with Crippen molar-refractivity contribution in [3.8, 4) is 17.2 Å². The predicted octanol–water partition coefficient (Wildman–Crippen LogP) is 5.01. The topological polar surface area (TPSA) is 89.5 Å². The van der Waals surface area contributed by atoms with Gasteiger partial charge in [-0.3, -0.25) is 14.5 Å². The van der Waals surface area contributed by atoms with Crippen molar-refractivity contribution in [2.75, 3.05) is 26.6 Å². The Labute approximate surface area is 218 Å². The smallest absolute Gasteiger partial charge is 0.242 e. The van der Waals surface area contributed by atoms with E-state index in [1.54, 1.807) is 62.6 Å². The van der Waals surface area contributed by atoms with E-state index >= 15 is 0 Å². The SMILES string of the molecule is COc1ccc(N=C2S[C@H](CC(=O)Nc3ccc(F)cc3)C(=O)N2Cc2ccc(OC)c(OC)c2)cc1. The van der Waals surface area contributed by atoms with Gasteiger partial charge in [0.1, 0.15) is 16.8 Å². The first-order valence-corrected chi connectivity index (χ1v) is 12.2. The van der Waals surface area contributed by atoms with Gasteiger partial charge >= 0.3 is 0 Å². The highest BCUT2D eigenvalue weighted by Crippen LogP contribution is 2.35. The third-order valence-electron chi connectivity index (χ3n) is 5.60. The number of anilines is 1. The molecule has 3 aromatic rings. The summed E-state index contributed by atoms with van der Waals surface area (Å²) in [5, 5.41) is 2.52. The number of ether oxygens (including phenoxy) is 3. The molecule has 0 unspecified atom stereocenters. The van der Waals surface area contributed by atoms with E-state index < -0.39 is 11.1 Å². The number of amidine groups is 1. The number of aliphatic imine (C=N–C) groups is 1. The number of hydrogen-bond donors (Lipinski definition) is 1. The van der Waals surface area contributed by atoms with Crippen molar-refractivity contribution in [3.05, 3.63) is 78.1 Å². The van der Waals surface area contributed by atoms with Crippen molar-refractivity contribution in [3.63, 3.8) is 0 Å². The molecule has 1 saturated heterocycles. The van der Waals surface area contributed by atoms with E-state index in [-0.39, 0.29) is 24.8 Å². The van der Waals surface area contributed by atoms with E-state index in [1.807, 2.05) is 6.07 Å². The Morgan fingerprint density at radius 2 is 1.68 bits per heavy atom. The van der Waals surface area contributed by atoms with Gasteiger partial charge in [0.05, 0.1) is 33.6 Å². The second kappa shape index (κ2) is 11.8. The molecule has 0 aliphatic carbocycles. The minimum Gasteiger partial charge on any atom is -0.497 e. The Morgan fingerprint density at radius 3 is 2.32 bits per heavy atom. The van der Waals surface area contributed by atoms with Gasteiger partial charge in [-0.05, 0) is 66.2 Å². The molecule has 4 rings (SSSR count). The van der Waals surface area contributed by atoms with E-state index in [9.17, 15) is 14.0 Å². The molecule has 0 aromatic heterocycles. The monoisotopic (exact) mass is 523 g/mol. The molecule has 0 saturated carbocycles. The predicted molar refractivity (Wildman–Crippen MR) is 141 cm³/mol. The summed E-state index contributed by atoms with van der Waals surface area (Å²) >= 11 is 1.23. The average molecular weight is 524 g/mol. The zero-order chi connectivity index (χ0) is 26.4. The summed E-state index contributed by atoms with van der Waals surface area (Å²) in [6, 6.07) is 18.0. The number of carbonyl (C=O) groups is 2. The average Bonchev–Trinajstić information content (AvgIpc) is 3.18. The molecule has 10 heteroatoms. The number of carbonyl (C=O) groups excluding carboxylic acids is 2. The van der Waals surface area contributed by atoms with Crippen molar-refractivity contribution >= 4 is 40.1 Å². The Kier molecular flexibility index (Phi) is 8.29. The van der Waals surface area contributed by atoms with Gasteiger partial charge in [-0.15, -0.1) is 0 Å². The number of rotatable bonds is 9. The van der Waals surface area contributed by atoms with Crippen LogP contribution in [0, 0.1) is 5.82 Å². The van der Waals surface area contributed by atoms with E-state index in [0.717, 1.165) is 5.56 Å². The fourth-order valence-electron chi connectivity index (χ4n) is 3.71. The highest BCUT2D eigenvalue weighted by Gasteiger charge is 2.39. The number of benzene rings is 3.